The average molecular weight is 283 g/mol. The minimum Gasteiger partial charge on any atom is -0.408 e. The van der Waals surface area contributed by atoms with Crippen molar-refractivity contribution in [3.63, 3.8) is 0 Å². The third-order valence-corrected chi connectivity index (χ3v) is 3.39. The number of nitrogens with one attached hydrogen (secondary N) is 2. The normalized spacial score (nSPS) is 12.6. The summed E-state index contributed by atoms with van der Waals surface area (Å²) in [6.45, 7) is 3.02. The molecule has 0 aliphatic rings. The summed E-state index contributed by atoms with van der Waals surface area (Å²) in [5.74, 6) is -0.429. The lowest BCUT2D eigenvalue weighted by Crippen LogP contribution is -2.23. The Morgan fingerprint density at radius 3 is 3.00 bits per heavy atom. The van der Waals surface area contributed by atoms with E-state index in [-0.39, 0.29) is 6.04 Å². The minimum absolute atomic E-state index is 0.0308. The Labute approximate surface area is 122 Å². The summed E-state index contributed by atoms with van der Waals surface area (Å²) in [5.41, 5.74) is 3.42. The predicted octanol–water partition coefficient (Wildman–Crippen LogP) is 2.61. The maximum atomic E-state index is 11.3. The standard InChI is InChI=1S/C16H17N3O2/c1-2-7-18-15(12-4-3-8-17-10-12)11-5-6-13-14(9-11)21-16(20)19-13/h3-6,8-10,15,18H,2,7H2,1H3,(H,19,20). The van der Waals surface area contributed by atoms with Crippen LogP contribution in [0.2, 0.25) is 0 Å². The zero-order valence-corrected chi connectivity index (χ0v) is 11.8. The molecule has 1 atom stereocenters. The number of benzene rings is 1. The number of hydrogen-bond acceptors (Lipinski definition) is 4. The van der Waals surface area contributed by atoms with Crippen LogP contribution in [0.25, 0.3) is 11.1 Å². The lowest BCUT2D eigenvalue weighted by atomic mass is 9.99. The average Bonchev–Trinajstić information content (AvgIpc) is 2.88. The Bertz CT molecular complexity index is 777. The second kappa shape index (κ2) is 5.93. The molecule has 0 amide bonds. The van der Waals surface area contributed by atoms with Crippen molar-refractivity contribution in [2.24, 2.45) is 0 Å². The Hall–Kier alpha value is -2.40. The molecule has 3 aromatic rings. The fourth-order valence-electron chi connectivity index (χ4n) is 2.41. The molecule has 0 saturated carbocycles. The molecule has 108 valence electrons. The molecule has 5 heteroatoms. The largest absolute Gasteiger partial charge is 0.417 e. The van der Waals surface area contributed by atoms with Crippen LogP contribution in [0.5, 0.6) is 0 Å². The van der Waals surface area contributed by atoms with E-state index in [2.05, 4.69) is 22.2 Å². The third-order valence-electron chi connectivity index (χ3n) is 3.39. The summed E-state index contributed by atoms with van der Waals surface area (Å²) in [6.07, 6.45) is 4.65. The first-order valence-electron chi connectivity index (χ1n) is 7.04. The van der Waals surface area contributed by atoms with E-state index < -0.39 is 5.76 Å². The molecule has 2 N–H and O–H groups in total. The van der Waals surface area contributed by atoms with Gasteiger partial charge >= 0.3 is 5.76 Å². The second-order valence-corrected chi connectivity index (χ2v) is 4.94. The van der Waals surface area contributed by atoms with Crippen LogP contribution in [-0.2, 0) is 0 Å². The summed E-state index contributed by atoms with van der Waals surface area (Å²) in [5, 5.41) is 3.50. The molecule has 3 rings (SSSR count). The number of rotatable bonds is 5. The number of hydrogen-bond donors (Lipinski definition) is 2. The van der Waals surface area contributed by atoms with Gasteiger partial charge in [0.15, 0.2) is 5.58 Å². The van der Waals surface area contributed by atoms with Crippen LogP contribution in [-0.4, -0.2) is 16.5 Å². The molecule has 0 bridgehead atoms. The number of aromatic nitrogens is 2. The summed E-state index contributed by atoms with van der Waals surface area (Å²) in [6, 6.07) is 9.75. The first-order chi connectivity index (χ1) is 10.3. The van der Waals surface area contributed by atoms with Gasteiger partial charge in [0, 0.05) is 12.4 Å². The summed E-state index contributed by atoms with van der Waals surface area (Å²) < 4.78 is 5.14. The molecule has 1 unspecified atom stereocenters. The molecule has 0 fully saturated rings. The summed E-state index contributed by atoms with van der Waals surface area (Å²) in [4.78, 5) is 18.1. The molecular weight excluding hydrogens is 266 g/mol. The van der Waals surface area contributed by atoms with Crippen molar-refractivity contribution in [2.45, 2.75) is 19.4 Å². The van der Waals surface area contributed by atoms with E-state index in [0.29, 0.717) is 11.1 Å². The van der Waals surface area contributed by atoms with Crippen LogP contribution in [0.1, 0.15) is 30.5 Å². The number of pyridine rings is 1. The number of H-pyrrole nitrogens is 1. The van der Waals surface area contributed by atoms with E-state index >= 15 is 0 Å². The molecular formula is C16H17N3O2. The number of nitrogens with zero attached hydrogens (tertiary/aromatic N) is 1. The number of fused-ring (bicyclic) bond motifs is 1. The molecule has 1 aromatic carbocycles. The maximum absolute atomic E-state index is 11.3. The zero-order chi connectivity index (χ0) is 14.7. The van der Waals surface area contributed by atoms with Crippen molar-refractivity contribution in [3.05, 3.63) is 64.4 Å². The smallest absolute Gasteiger partial charge is 0.408 e. The van der Waals surface area contributed by atoms with Gasteiger partial charge in [-0.2, -0.15) is 0 Å². The van der Waals surface area contributed by atoms with Gasteiger partial charge in [-0.25, -0.2) is 4.79 Å². The van der Waals surface area contributed by atoms with Gasteiger partial charge in [0.25, 0.3) is 0 Å². The summed E-state index contributed by atoms with van der Waals surface area (Å²) in [7, 11) is 0. The van der Waals surface area contributed by atoms with Crippen molar-refractivity contribution < 1.29 is 4.42 Å². The quantitative estimate of drug-likeness (QED) is 0.755. The molecule has 5 nitrogen and oxygen atoms in total. The Morgan fingerprint density at radius 1 is 1.33 bits per heavy atom. The Kier molecular flexibility index (Phi) is 3.83. The highest BCUT2D eigenvalue weighted by atomic mass is 16.4. The van der Waals surface area contributed by atoms with Gasteiger partial charge in [-0.05, 0) is 42.3 Å². The SMILES string of the molecule is CCCNC(c1cccnc1)c1ccc2[nH]c(=O)oc2c1. The van der Waals surface area contributed by atoms with Crippen LogP contribution >= 0.6 is 0 Å². The van der Waals surface area contributed by atoms with Crippen LogP contribution < -0.4 is 11.1 Å². The Morgan fingerprint density at radius 2 is 2.24 bits per heavy atom. The van der Waals surface area contributed by atoms with Crippen molar-refractivity contribution >= 4 is 11.1 Å². The van der Waals surface area contributed by atoms with Crippen molar-refractivity contribution in [1.29, 1.82) is 0 Å². The highest BCUT2D eigenvalue weighted by Gasteiger charge is 2.15. The molecule has 2 heterocycles. The van der Waals surface area contributed by atoms with Gasteiger partial charge in [-0.15, -0.1) is 0 Å². The molecule has 0 aliphatic heterocycles. The second-order valence-electron chi connectivity index (χ2n) is 4.94. The molecule has 21 heavy (non-hydrogen) atoms. The lowest BCUT2D eigenvalue weighted by Gasteiger charge is -2.19. The fraction of sp³-hybridized carbons (Fsp3) is 0.250. The summed E-state index contributed by atoms with van der Waals surface area (Å²) >= 11 is 0. The van der Waals surface area contributed by atoms with E-state index in [1.807, 2.05) is 36.5 Å². The lowest BCUT2D eigenvalue weighted by molar-refractivity contribution is 0.553. The van der Waals surface area contributed by atoms with Crippen LogP contribution in [0.15, 0.2) is 51.9 Å². The molecule has 0 aliphatic carbocycles. The van der Waals surface area contributed by atoms with Gasteiger partial charge in [-0.3, -0.25) is 9.97 Å². The van der Waals surface area contributed by atoms with Gasteiger partial charge in [0.1, 0.15) is 0 Å². The third kappa shape index (κ3) is 2.87. The van der Waals surface area contributed by atoms with E-state index in [0.717, 1.165) is 24.1 Å². The van der Waals surface area contributed by atoms with Crippen LogP contribution in [0.3, 0.4) is 0 Å². The maximum Gasteiger partial charge on any atom is 0.417 e. The van der Waals surface area contributed by atoms with E-state index in [1.54, 1.807) is 6.20 Å². The monoisotopic (exact) mass is 283 g/mol. The van der Waals surface area contributed by atoms with E-state index in [4.69, 9.17) is 4.42 Å². The van der Waals surface area contributed by atoms with E-state index in [9.17, 15) is 4.79 Å². The topological polar surface area (TPSA) is 70.9 Å². The van der Waals surface area contributed by atoms with Crippen molar-refractivity contribution in [3.8, 4) is 0 Å². The van der Waals surface area contributed by atoms with Gasteiger partial charge in [-0.1, -0.05) is 19.1 Å². The van der Waals surface area contributed by atoms with Gasteiger partial charge in [0.05, 0.1) is 11.6 Å². The highest BCUT2D eigenvalue weighted by molar-refractivity contribution is 5.73. The first-order valence-corrected chi connectivity index (χ1v) is 7.04. The van der Waals surface area contributed by atoms with Crippen molar-refractivity contribution in [1.82, 2.24) is 15.3 Å². The van der Waals surface area contributed by atoms with E-state index in [1.165, 1.54) is 0 Å². The zero-order valence-electron chi connectivity index (χ0n) is 11.8. The van der Waals surface area contributed by atoms with Crippen molar-refractivity contribution in [2.75, 3.05) is 6.54 Å². The predicted molar refractivity (Wildman–Crippen MR) is 81.2 cm³/mol. The number of oxazole rings is 1. The molecule has 0 radical (unpaired) electrons. The van der Waals surface area contributed by atoms with Crippen LogP contribution in [0.4, 0.5) is 0 Å². The minimum atomic E-state index is -0.429. The molecule has 2 aromatic heterocycles. The van der Waals surface area contributed by atoms with Gasteiger partial charge < -0.3 is 9.73 Å². The van der Waals surface area contributed by atoms with Crippen LogP contribution in [0, 0.1) is 0 Å². The first kappa shape index (κ1) is 13.6. The molecule has 0 saturated heterocycles. The fourth-order valence-corrected chi connectivity index (χ4v) is 2.41. The number of aromatic amines is 1. The highest BCUT2D eigenvalue weighted by Crippen LogP contribution is 2.24. The molecule has 0 spiro atoms. The Balaban J connectivity index is 2.02. The van der Waals surface area contributed by atoms with Gasteiger partial charge in [0.2, 0.25) is 0 Å².